The highest BCUT2D eigenvalue weighted by Gasteiger charge is 2.26. The minimum Gasteiger partial charge on any atom is -0.354 e. The van der Waals surface area contributed by atoms with E-state index in [1.165, 1.54) is 0 Å². The van der Waals surface area contributed by atoms with Crippen molar-refractivity contribution in [3.05, 3.63) is 82.9 Å². The highest BCUT2D eigenvalue weighted by atomic mass is 35.5. The Morgan fingerprint density at radius 1 is 0.938 bits per heavy atom. The van der Waals surface area contributed by atoms with E-state index < -0.39 is 6.04 Å². The number of nitrogens with one attached hydrogen (secondary N) is 1. The van der Waals surface area contributed by atoms with Crippen molar-refractivity contribution in [1.82, 2.24) is 10.2 Å². The Bertz CT molecular complexity index is 1060. The van der Waals surface area contributed by atoms with E-state index in [1.54, 1.807) is 24.0 Å². The summed E-state index contributed by atoms with van der Waals surface area (Å²) < 4.78 is 0. The molecule has 0 unspecified atom stereocenters. The Morgan fingerprint density at radius 2 is 1.62 bits per heavy atom. The molecule has 0 aromatic heterocycles. The van der Waals surface area contributed by atoms with Crippen molar-refractivity contribution < 1.29 is 9.59 Å². The maximum atomic E-state index is 13.3. The van der Waals surface area contributed by atoms with Crippen LogP contribution in [0.3, 0.4) is 0 Å². The van der Waals surface area contributed by atoms with Gasteiger partial charge in [-0.1, -0.05) is 80.0 Å². The molecule has 5 heteroatoms. The smallest absolute Gasteiger partial charge is 0.242 e. The van der Waals surface area contributed by atoms with E-state index in [0.717, 1.165) is 21.9 Å². The molecule has 2 amide bonds. The topological polar surface area (TPSA) is 49.4 Å². The van der Waals surface area contributed by atoms with Gasteiger partial charge in [-0.15, -0.1) is 0 Å². The molecule has 3 aromatic rings. The van der Waals surface area contributed by atoms with E-state index in [4.69, 9.17) is 11.6 Å². The number of benzene rings is 3. The van der Waals surface area contributed by atoms with E-state index in [0.29, 0.717) is 36.9 Å². The van der Waals surface area contributed by atoms with E-state index in [9.17, 15) is 9.59 Å². The zero-order valence-corrected chi connectivity index (χ0v) is 19.7. The van der Waals surface area contributed by atoms with Crippen LogP contribution in [0.2, 0.25) is 5.02 Å². The predicted octanol–water partition coefficient (Wildman–Crippen LogP) is 5.62. The van der Waals surface area contributed by atoms with Crippen molar-refractivity contribution in [2.75, 3.05) is 6.54 Å². The van der Waals surface area contributed by atoms with Gasteiger partial charge < -0.3 is 10.2 Å². The summed E-state index contributed by atoms with van der Waals surface area (Å²) in [6.45, 7) is 6.84. The molecule has 0 bridgehead atoms. The lowest BCUT2D eigenvalue weighted by molar-refractivity contribution is -0.140. The Kier molecular flexibility index (Phi) is 8.29. The van der Waals surface area contributed by atoms with Crippen molar-refractivity contribution in [1.29, 1.82) is 0 Å². The number of fused-ring (bicyclic) bond motifs is 1. The molecule has 0 aliphatic rings. The third-order valence-corrected chi connectivity index (χ3v) is 5.86. The van der Waals surface area contributed by atoms with Crippen LogP contribution in [-0.2, 0) is 22.6 Å². The standard InChI is InChI=1S/C27H31ClN2O2/c1-19(2)17-29-27(32)20(3)30(18-21-11-14-24(28)15-12-21)26(31)16-13-23-9-6-8-22-7-4-5-10-25(22)23/h4-12,14-15,19-20H,13,16-18H2,1-3H3,(H,29,32)/t20-/m1/s1. The fraction of sp³-hybridized carbons (Fsp3) is 0.333. The molecule has 0 radical (unpaired) electrons. The molecule has 0 saturated carbocycles. The number of nitrogens with zero attached hydrogens (tertiary/aromatic N) is 1. The van der Waals surface area contributed by atoms with Crippen LogP contribution in [0.1, 0.15) is 38.3 Å². The average molecular weight is 451 g/mol. The van der Waals surface area contributed by atoms with Gasteiger partial charge in [-0.25, -0.2) is 0 Å². The van der Waals surface area contributed by atoms with Gasteiger partial charge >= 0.3 is 0 Å². The molecule has 3 rings (SSSR count). The van der Waals surface area contributed by atoms with E-state index in [1.807, 2.05) is 44.2 Å². The van der Waals surface area contributed by atoms with Gasteiger partial charge in [0.05, 0.1) is 0 Å². The van der Waals surface area contributed by atoms with Crippen LogP contribution < -0.4 is 5.32 Å². The summed E-state index contributed by atoms with van der Waals surface area (Å²) >= 11 is 6.02. The summed E-state index contributed by atoms with van der Waals surface area (Å²) in [4.78, 5) is 27.8. The van der Waals surface area contributed by atoms with E-state index >= 15 is 0 Å². The Labute approximate surface area is 195 Å². The number of hydrogen-bond acceptors (Lipinski definition) is 2. The van der Waals surface area contributed by atoms with Crippen LogP contribution in [0.25, 0.3) is 10.8 Å². The predicted molar refractivity (Wildman–Crippen MR) is 132 cm³/mol. The molecule has 0 aliphatic carbocycles. The average Bonchev–Trinajstić information content (AvgIpc) is 2.80. The van der Waals surface area contributed by atoms with E-state index in [-0.39, 0.29) is 11.8 Å². The summed E-state index contributed by atoms with van der Waals surface area (Å²) in [5.74, 6) is 0.171. The SMILES string of the molecule is CC(C)CNC(=O)[C@@H](C)N(Cc1ccc(Cl)cc1)C(=O)CCc1cccc2ccccc12. The molecule has 0 fully saturated rings. The molecule has 3 aromatic carbocycles. The first-order valence-corrected chi connectivity index (χ1v) is 11.5. The number of rotatable bonds is 9. The monoisotopic (exact) mass is 450 g/mol. The van der Waals surface area contributed by atoms with Gasteiger partial charge in [0.15, 0.2) is 0 Å². The van der Waals surface area contributed by atoms with Crippen LogP contribution in [0.4, 0.5) is 0 Å². The first kappa shape index (κ1) is 23.8. The quantitative estimate of drug-likeness (QED) is 0.460. The molecule has 1 N–H and O–H groups in total. The van der Waals surface area contributed by atoms with Gasteiger partial charge in [0.2, 0.25) is 11.8 Å². The first-order chi connectivity index (χ1) is 15.3. The van der Waals surface area contributed by atoms with Crippen molar-refractivity contribution in [2.45, 2.75) is 46.2 Å². The summed E-state index contributed by atoms with van der Waals surface area (Å²) in [6.07, 6.45) is 0.959. The molecule has 0 aliphatic heterocycles. The highest BCUT2D eigenvalue weighted by molar-refractivity contribution is 6.30. The Balaban J connectivity index is 1.76. The zero-order chi connectivity index (χ0) is 23.1. The summed E-state index contributed by atoms with van der Waals surface area (Å²) in [5.41, 5.74) is 2.08. The number of hydrogen-bond donors (Lipinski definition) is 1. The van der Waals surface area contributed by atoms with Gasteiger partial charge in [-0.3, -0.25) is 9.59 Å². The molecule has 1 atom stereocenters. The molecule has 4 nitrogen and oxygen atoms in total. The van der Waals surface area contributed by atoms with Gasteiger partial charge in [-0.05, 0) is 53.3 Å². The number of aryl methyl sites for hydroxylation is 1. The van der Waals surface area contributed by atoms with Crippen LogP contribution in [-0.4, -0.2) is 29.3 Å². The highest BCUT2D eigenvalue weighted by Crippen LogP contribution is 2.21. The normalized spacial score (nSPS) is 12.0. The third-order valence-electron chi connectivity index (χ3n) is 5.61. The van der Waals surface area contributed by atoms with Gasteiger partial charge in [0, 0.05) is 24.5 Å². The molecule has 32 heavy (non-hydrogen) atoms. The minimum atomic E-state index is -0.565. The fourth-order valence-electron chi connectivity index (χ4n) is 3.72. The Morgan fingerprint density at radius 3 is 2.34 bits per heavy atom. The van der Waals surface area contributed by atoms with Crippen molar-refractivity contribution in [3.8, 4) is 0 Å². The number of carbonyl (C=O) groups excluding carboxylic acids is 2. The van der Waals surface area contributed by atoms with E-state index in [2.05, 4.69) is 29.6 Å². The molecular weight excluding hydrogens is 420 g/mol. The maximum absolute atomic E-state index is 13.3. The number of halogens is 1. The van der Waals surface area contributed by atoms with Gasteiger partial charge in [0.25, 0.3) is 0 Å². The third kappa shape index (κ3) is 6.33. The molecule has 0 heterocycles. The summed E-state index contributed by atoms with van der Waals surface area (Å²) in [7, 11) is 0. The van der Waals surface area contributed by atoms with Crippen LogP contribution >= 0.6 is 11.6 Å². The lowest BCUT2D eigenvalue weighted by Crippen LogP contribution is -2.48. The second kappa shape index (κ2) is 11.1. The second-order valence-corrected chi connectivity index (χ2v) is 9.04. The number of amides is 2. The van der Waals surface area contributed by atoms with Crippen molar-refractivity contribution in [2.24, 2.45) is 5.92 Å². The maximum Gasteiger partial charge on any atom is 0.242 e. The summed E-state index contributed by atoms with van der Waals surface area (Å²) in [5, 5.41) is 5.93. The van der Waals surface area contributed by atoms with Crippen LogP contribution in [0, 0.1) is 5.92 Å². The van der Waals surface area contributed by atoms with Gasteiger partial charge in [0.1, 0.15) is 6.04 Å². The minimum absolute atomic E-state index is 0.0416. The fourth-order valence-corrected chi connectivity index (χ4v) is 3.84. The lowest BCUT2D eigenvalue weighted by Gasteiger charge is -2.29. The molecule has 0 spiro atoms. The van der Waals surface area contributed by atoms with Crippen LogP contribution in [0.5, 0.6) is 0 Å². The second-order valence-electron chi connectivity index (χ2n) is 8.60. The zero-order valence-electron chi connectivity index (χ0n) is 19.0. The van der Waals surface area contributed by atoms with Crippen molar-refractivity contribution in [3.63, 3.8) is 0 Å². The first-order valence-electron chi connectivity index (χ1n) is 11.1. The van der Waals surface area contributed by atoms with Crippen LogP contribution in [0.15, 0.2) is 66.7 Å². The molecule has 0 saturated heterocycles. The Hall–Kier alpha value is -2.85. The number of carbonyl (C=O) groups is 2. The lowest BCUT2D eigenvalue weighted by atomic mass is 10.0. The van der Waals surface area contributed by atoms with Gasteiger partial charge in [-0.2, -0.15) is 0 Å². The molecule has 168 valence electrons. The summed E-state index contributed by atoms with van der Waals surface area (Å²) in [6, 6.07) is 21.2. The van der Waals surface area contributed by atoms with Crippen molar-refractivity contribution >= 4 is 34.2 Å². The molecular formula is C27H31ClN2O2. The largest absolute Gasteiger partial charge is 0.354 e.